The molecule has 1 fully saturated rings. The van der Waals surface area contributed by atoms with Crippen molar-refractivity contribution in [3.05, 3.63) is 18.2 Å². The van der Waals surface area contributed by atoms with Gasteiger partial charge in [-0.25, -0.2) is 4.98 Å². The predicted molar refractivity (Wildman–Crippen MR) is 67.0 cm³/mol. The smallest absolute Gasteiger partial charge is 0.319 e. The van der Waals surface area contributed by atoms with Gasteiger partial charge in [0.25, 0.3) is 0 Å². The molecule has 0 amide bonds. The summed E-state index contributed by atoms with van der Waals surface area (Å²) < 4.78 is 31.4. The molecule has 1 aromatic rings. The highest BCUT2D eigenvalue weighted by Crippen LogP contribution is 2.12. The molecule has 0 aromatic carbocycles. The Balaban J connectivity index is 1.76. The van der Waals surface area contributed by atoms with Gasteiger partial charge in [0.05, 0.1) is 19.8 Å². The molecule has 108 valence electrons. The molecule has 1 aliphatic rings. The first-order valence-corrected chi connectivity index (χ1v) is 6.50. The largest absolute Gasteiger partial charge is 0.379 e. The molecule has 0 bridgehead atoms. The molecule has 1 saturated heterocycles. The van der Waals surface area contributed by atoms with Crippen LogP contribution in [0.1, 0.15) is 19.3 Å². The lowest BCUT2D eigenvalue weighted by atomic mass is 10.3. The number of alkyl halides is 2. The van der Waals surface area contributed by atoms with E-state index in [1.165, 1.54) is 12.4 Å². The van der Waals surface area contributed by atoms with Crippen LogP contribution >= 0.6 is 0 Å². The van der Waals surface area contributed by atoms with Crippen LogP contribution in [0, 0.1) is 0 Å². The summed E-state index contributed by atoms with van der Waals surface area (Å²) in [6.45, 7) is 4.14. The molecular formula is C12H20F2N4O. The molecular weight excluding hydrogens is 254 g/mol. The van der Waals surface area contributed by atoms with Gasteiger partial charge < -0.3 is 10.1 Å². The minimum Gasteiger partial charge on any atom is -0.379 e. The quantitative estimate of drug-likeness (QED) is 0.843. The van der Waals surface area contributed by atoms with Crippen LogP contribution in [0.15, 0.2) is 12.4 Å². The van der Waals surface area contributed by atoms with E-state index in [1.54, 1.807) is 0 Å². The Labute approximate surface area is 111 Å². The van der Waals surface area contributed by atoms with E-state index in [0.29, 0.717) is 12.4 Å². The van der Waals surface area contributed by atoms with E-state index in [2.05, 4.69) is 15.2 Å². The number of morpholine rings is 1. The van der Waals surface area contributed by atoms with Crippen LogP contribution in [0.4, 0.5) is 8.78 Å². The summed E-state index contributed by atoms with van der Waals surface area (Å²) in [7, 11) is 0. The maximum Gasteiger partial charge on any atom is 0.319 e. The summed E-state index contributed by atoms with van der Waals surface area (Å²) in [5, 5.41) is 3.23. The summed E-state index contributed by atoms with van der Waals surface area (Å²) in [6.07, 6.45) is 2.70. The Bertz CT molecular complexity index is 380. The highest BCUT2D eigenvalue weighted by molar-refractivity contribution is 4.92. The molecule has 0 spiro atoms. The topological polar surface area (TPSA) is 42.3 Å². The second kappa shape index (κ2) is 6.93. The lowest BCUT2D eigenvalue weighted by Crippen LogP contribution is -2.44. The minimum absolute atomic E-state index is 0.223. The molecule has 1 N–H and O–H groups in total. The van der Waals surface area contributed by atoms with Crippen LogP contribution in [-0.4, -0.2) is 53.3 Å². The first-order chi connectivity index (χ1) is 9.16. The van der Waals surface area contributed by atoms with E-state index in [0.717, 1.165) is 37.4 Å². The van der Waals surface area contributed by atoms with Crippen LogP contribution < -0.4 is 5.32 Å². The molecule has 1 aromatic heterocycles. The lowest BCUT2D eigenvalue weighted by molar-refractivity contribution is 0.0340. The van der Waals surface area contributed by atoms with E-state index in [1.807, 2.05) is 6.92 Å². The molecule has 1 atom stereocenters. The zero-order valence-electron chi connectivity index (χ0n) is 11.1. The summed E-state index contributed by atoms with van der Waals surface area (Å²) in [6, 6.07) is 0.223. The average Bonchev–Trinajstić information content (AvgIpc) is 2.86. The number of nitrogens with one attached hydrogen (secondary N) is 1. The number of rotatable bonds is 6. The Kier molecular flexibility index (Phi) is 5.24. The zero-order chi connectivity index (χ0) is 13.7. The van der Waals surface area contributed by atoms with Crippen molar-refractivity contribution in [3.63, 3.8) is 0 Å². The Morgan fingerprint density at radius 1 is 1.42 bits per heavy atom. The van der Waals surface area contributed by atoms with E-state index in [4.69, 9.17) is 4.74 Å². The molecule has 19 heavy (non-hydrogen) atoms. The third kappa shape index (κ3) is 4.22. The molecule has 0 radical (unpaired) electrons. The van der Waals surface area contributed by atoms with Gasteiger partial charge in [-0.1, -0.05) is 0 Å². The van der Waals surface area contributed by atoms with Gasteiger partial charge in [0.1, 0.15) is 5.82 Å². The van der Waals surface area contributed by atoms with Gasteiger partial charge in [-0.3, -0.25) is 9.47 Å². The van der Waals surface area contributed by atoms with Crippen LogP contribution in [0.5, 0.6) is 0 Å². The second-order valence-corrected chi connectivity index (χ2v) is 4.72. The second-order valence-electron chi connectivity index (χ2n) is 4.72. The number of hydrogen-bond acceptors (Lipinski definition) is 4. The number of imidazole rings is 1. The molecule has 0 saturated carbocycles. The lowest BCUT2D eigenvalue weighted by Gasteiger charge is -2.29. The van der Waals surface area contributed by atoms with E-state index < -0.39 is 6.55 Å². The third-order valence-corrected chi connectivity index (χ3v) is 3.20. The SMILES string of the molecule is CC(CN1CCOCC1)NCc1nccn1C(F)F. The van der Waals surface area contributed by atoms with Crippen molar-refractivity contribution in [3.8, 4) is 0 Å². The fourth-order valence-corrected chi connectivity index (χ4v) is 2.16. The molecule has 0 aliphatic carbocycles. The van der Waals surface area contributed by atoms with Crippen molar-refractivity contribution in [2.45, 2.75) is 26.1 Å². The summed E-state index contributed by atoms with van der Waals surface area (Å²) in [4.78, 5) is 6.25. The number of nitrogens with zero attached hydrogens (tertiary/aromatic N) is 3. The summed E-state index contributed by atoms with van der Waals surface area (Å²) in [5.41, 5.74) is 0. The standard InChI is InChI=1S/C12H20F2N4O/c1-10(9-17-4-6-19-7-5-17)16-8-11-15-2-3-18(11)12(13)14/h2-3,10,12,16H,4-9H2,1H3. The van der Waals surface area contributed by atoms with E-state index >= 15 is 0 Å². The Hall–Kier alpha value is -1.05. The van der Waals surface area contributed by atoms with Crippen molar-refractivity contribution in [2.75, 3.05) is 32.8 Å². The molecule has 5 nitrogen and oxygen atoms in total. The first kappa shape index (κ1) is 14.4. The fraction of sp³-hybridized carbons (Fsp3) is 0.750. The fourth-order valence-electron chi connectivity index (χ4n) is 2.16. The maximum atomic E-state index is 12.6. The number of hydrogen-bond donors (Lipinski definition) is 1. The van der Waals surface area contributed by atoms with Crippen molar-refractivity contribution in [1.29, 1.82) is 0 Å². The monoisotopic (exact) mass is 274 g/mol. The van der Waals surface area contributed by atoms with Crippen LogP contribution in [0.2, 0.25) is 0 Å². The van der Waals surface area contributed by atoms with Gasteiger partial charge in [-0.05, 0) is 6.92 Å². The molecule has 7 heteroatoms. The van der Waals surface area contributed by atoms with Crippen LogP contribution in [0.25, 0.3) is 0 Å². The van der Waals surface area contributed by atoms with Gasteiger partial charge in [-0.2, -0.15) is 8.78 Å². The Morgan fingerprint density at radius 2 is 2.16 bits per heavy atom. The van der Waals surface area contributed by atoms with Gasteiger partial charge >= 0.3 is 6.55 Å². The molecule has 2 heterocycles. The summed E-state index contributed by atoms with van der Waals surface area (Å²) >= 11 is 0. The molecule has 1 unspecified atom stereocenters. The number of aromatic nitrogens is 2. The Morgan fingerprint density at radius 3 is 2.84 bits per heavy atom. The first-order valence-electron chi connectivity index (χ1n) is 6.50. The van der Waals surface area contributed by atoms with Gasteiger partial charge in [0.15, 0.2) is 0 Å². The van der Waals surface area contributed by atoms with Gasteiger partial charge in [0, 0.05) is 38.1 Å². The van der Waals surface area contributed by atoms with Crippen molar-refractivity contribution >= 4 is 0 Å². The predicted octanol–water partition coefficient (Wildman–Crippen LogP) is 1.09. The van der Waals surface area contributed by atoms with E-state index in [-0.39, 0.29) is 6.04 Å². The van der Waals surface area contributed by atoms with Crippen molar-refractivity contribution in [2.24, 2.45) is 0 Å². The average molecular weight is 274 g/mol. The third-order valence-electron chi connectivity index (χ3n) is 3.20. The molecule has 2 rings (SSSR count). The van der Waals surface area contributed by atoms with E-state index in [9.17, 15) is 8.78 Å². The zero-order valence-corrected chi connectivity index (χ0v) is 11.1. The van der Waals surface area contributed by atoms with Crippen LogP contribution in [-0.2, 0) is 11.3 Å². The molecule has 1 aliphatic heterocycles. The highest BCUT2D eigenvalue weighted by Gasteiger charge is 2.15. The normalized spacial score (nSPS) is 18.9. The maximum absolute atomic E-state index is 12.6. The minimum atomic E-state index is -2.53. The van der Waals surface area contributed by atoms with Crippen molar-refractivity contribution < 1.29 is 13.5 Å². The van der Waals surface area contributed by atoms with Gasteiger partial charge in [-0.15, -0.1) is 0 Å². The number of ether oxygens (including phenoxy) is 1. The number of halogens is 2. The highest BCUT2D eigenvalue weighted by atomic mass is 19.3. The van der Waals surface area contributed by atoms with Crippen molar-refractivity contribution in [1.82, 2.24) is 19.8 Å². The summed E-state index contributed by atoms with van der Waals surface area (Å²) in [5.74, 6) is 0.365. The van der Waals surface area contributed by atoms with Gasteiger partial charge in [0.2, 0.25) is 0 Å². The van der Waals surface area contributed by atoms with Crippen LogP contribution in [0.3, 0.4) is 0 Å².